The van der Waals surface area contributed by atoms with Crippen LogP contribution in [-0.4, -0.2) is 40.9 Å². The summed E-state index contributed by atoms with van der Waals surface area (Å²) >= 11 is 12.9. The normalized spacial score (nSPS) is 21.9. The van der Waals surface area contributed by atoms with Gasteiger partial charge in [0.2, 0.25) is 0 Å². The highest BCUT2D eigenvalue weighted by Crippen LogP contribution is 2.27. The molecule has 1 aromatic carbocycles. The molecule has 1 aromatic rings. The SMILES string of the molecule is CC1(C)CN(C(=O)c2cc(Br)ccc2Cl)CC(CBr)O1. The maximum atomic E-state index is 12.7. The summed E-state index contributed by atoms with van der Waals surface area (Å²) in [6.07, 6.45) is -0.00590. The van der Waals surface area contributed by atoms with Gasteiger partial charge in [-0.25, -0.2) is 0 Å². The van der Waals surface area contributed by atoms with Crippen molar-refractivity contribution >= 4 is 49.4 Å². The van der Waals surface area contributed by atoms with Gasteiger partial charge in [0.25, 0.3) is 5.91 Å². The molecule has 1 unspecified atom stereocenters. The van der Waals surface area contributed by atoms with Crippen LogP contribution in [0.1, 0.15) is 24.2 Å². The predicted octanol–water partition coefficient (Wildman–Crippen LogP) is 4.12. The minimum Gasteiger partial charge on any atom is -0.368 e. The lowest BCUT2D eigenvalue weighted by Crippen LogP contribution is -2.55. The minimum absolute atomic E-state index is 0.00590. The molecule has 1 fully saturated rings. The first-order valence-electron chi connectivity index (χ1n) is 6.30. The molecule has 1 aliphatic rings. The van der Waals surface area contributed by atoms with Crippen LogP contribution in [0.15, 0.2) is 22.7 Å². The number of ether oxygens (including phenoxy) is 1. The van der Waals surface area contributed by atoms with Crippen molar-refractivity contribution in [3.8, 4) is 0 Å². The second-order valence-corrected chi connectivity index (χ2v) is 7.43. The molecule has 1 aliphatic heterocycles. The molecule has 0 bridgehead atoms. The second-order valence-electron chi connectivity index (χ2n) is 5.46. The van der Waals surface area contributed by atoms with Crippen LogP contribution in [0.2, 0.25) is 5.02 Å². The average Bonchev–Trinajstić information content (AvgIpc) is 2.38. The molecule has 0 aromatic heterocycles. The Hall–Kier alpha value is -0.100. The number of hydrogen-bond donors (Lipinski definition) is 0. The molecule has 3 nitrogen and oxygen atoms in total. The van der Waals surface area contributed by atoms with Gasteiger partial charge < -0.3 is 9.64 Å². The van der Waals surface area contributed by atoms with E-state index in [0.29, 0.717) is 29.0 Å². The molecule has 0 N–H and O–H groups in total. The topological polar surface area (TPSA) is 29.5 Å². The maximum absolute atomic E-state index is 12.7. The summed E-state index contributed by atoms with van der Waals surface area (Å²) in [5, 5.41) is 1.17. The van der Waals surface area contributed by atoms with Crippen LogP contribution in [-0.2, 0) is 4.74 Å². The number of rotatable bonds is 2. The number of nitrogens with zero attached hydrogens (tertiary/aromatic N) is 1. The fourth-order valence-electron chi connectivity index (χ4n) is 2.36. The summed E-state index contributed by atoms with van der Waals surface area (Å²) in [5.41, 5.74) is 0.164. The van der Waals surface area contributed by atoms with Crippen molar-refractivity contribution in [2.24, 2.45) is 0 Å². The molecular formula is C14H16Br2ClNO2. The van der Waals surface area contributed by atoms with Crippen molar-refractivity contribution in [2.45, 2.75) is 25.6 Å². The molecule has 1 atom stereocenters. The molecule has 1 heterocycles. The summed E-state index contributed by atoms with van der Waals surface area (Å²) in [5.74, 6) is -0.0568. The number of carbonyl (C=O) groups excluding carboxylic acids is 1. The van der Waals surface area contributed by atoms with E-state index in [-0.39, 0.29) is 17.6 Å². The monoisotopic (exact) mass is 423 g/mol. The fourth-order valence-corrected chi connectivity index (χ4v) is 3.26. The zero-order chi connectivity index (χ0) is 14.9. The Morgan fingerprint density at radius 1 is 1.55 bits per heavy atom. The Morgan fingerprint density at radius 2 is 2.25 bits per heavy atom. The van der Waals surface area contributed by atoms with Gasteiger partial charge in [0.15, 0.2) is 0 Å². The van der Waals surface area contributed by atoms with E-state index in [9.17, 15) is 4.79 Å². The van der Waals surface area contributed by atoms with Gasteiger partial charge in [-0.15, -0.1) is 0 Å². The molecule has 2 rings (SSSR count). The van der Waals surface area contributed by atoms with Crippen LogP contribution in [0.3, 0.4) is 0 Å². The Bertz CT molecular complexity index is 522. The smallest absolute Gasteiger partial charge is 0.255 e. The first-order chi connectivity index (χ1) is 9.32. The van der Waals surface area contributed by atoms with E-state index in [0.717, 1.165) is 4.47 Å². The number of amides is 1. The third-order valence-electron chi connectivity index (χ3n) is 3.10. The van der Waals surface area contributed by atoms with Gasteiger partial charge in [-0.1, -0.05) is 43.5 Å². The average molecular weight is 426 g/mol. The van der Waals surface area contributed by atoms with Gasteiger partial charge in [0, 0.05) is 22.9 Å². The third kappa shape index (κ3) is 3.75. The van der Waals surface area contributed by atoms with Crippen molar-refractivity contribution in [3.63, 3.8) is 0 Å². The molecular weight excluding hydrogens is 409 g/mol. The Morgan fingerprint density at radius 3 is 2.90 bits per heavy atom. The first-order valence-corrected chi connectivity index (χ1v) is 8.60. The van der Waals surface area contributed by atoms with Crippen LogP contribution in [0, 0.1) is 0 Å². The summed E-state index contributed by atoms with van der Waals surface area (Å²) in [4.78, 5) is 14.5. The molecule has 20 heavy (non-hydrogen) atoms. The van der Waals surface area contributed by atoms with Crippen LogP contribution < -0.4 is 0 Å². The molecule has 6 heteroatoms. The number of morpholine rings is 1. The van der Waals surface area contributed by atoms with Crippen molar-refractivity contribution in [1.82, 2.24) is 4.90 Å². The van der Waals surface area contributed by atoms with E-state index in [1.807, 2.05) is 24.8 Å². The zero-order valence-electron chi connectivity index (χ0n) is 11.3. The highest BCUT2D eigenvalue weighted by Gasteiger charge is 2.35. The van der Waals surface area contributed by atoms with E-state index in [2.05, 4.69) is 31.9 Å². The standard InChI is InChI=1S/C14H16Br2ClNO2/c1-14(2)8-18(7-10(6-15)20-14)13(19)11-5-9(16)3-4-12(11)17/h3-5,10H,6-8H2,1-2H3. The number of hydrogen-bond acceptors (Lipinski definition) is 2. The third-order valence-corrected chi connectivity index (χ3v) is 4.64. The lowest BCUT2D eigenvalue weighted by molar-refractivity contribution is -0.116. The highest BCUT2D eigenvalue weighted by molar-refractivity contribution is 9.10. The Kier molecular flexibility index (Phi) is 5.16. The Labute approximate surface area is 140 Å². The minimum atomic E-state index is -0.356. The summed E-state index contributed by atoms with van der Waals surface area (Å²) in [7, 11) is 0. The molecule has 0 saturated carbocycles. The van der Waals surface area contributed by atoms with E-state index in [1.54, 1.807) is 12.1 Å². The molecule has 1 saturated heterocycles. The van der Waals surface area contributed by atoms with Crippen LogP contribution in [0.25, 0.3) is 0 Å². The predicted molar refractivity (Wildman–Crippen MR) is 87.8 cm³/mol. The van der Waals surface area contributed by atoms with Gasteiger partial charge in [0.1, 0.15) is 0 Å². The molecule has 110 valence electrons. The van der Waals surface area contributed by atoms with E-state index in [1.165, 1.54) is 0 Å². The number of carbonyl (C=O) groups is 1. The van der Waals surface area contributed by atoms with E-state index in [4.69, 9.17) is 16.3 Å². The number of benzene rings is 1. The van der Waals surface area contributed by atoms with Gasteiger partial charge in [-0.3, -0.25) is 4.79 Å². The lowest BCUT2D eigenvalue weighted by Gasteiger charge is -2.42. The van der Waals surface area contributed by atoms with Crippen LogP contribution in [0.4, 0.5) is 0 Å². The van der Waals surface area contributed by atoms with E-state index < -0.39 is 0 Å². The summed E-state index contributed by atoms with van der Waals surface area (Å²) in [6.45, 7) is 5.10. The molecule has 0 aliphatic carbocycles. The lowest BCUT2D eigenvalue weighted by atomic mass is 10.0. The quantitative estimate of drug-likeness (QED) is 0.668. The van der Waals surface area contributed by atoms with Gasteiger partial charge in [0.05, 0.1) is 22.3 Å². The zero-order valence-corrected chi connectivity index (χ0v) is 15.3. The van der Waals surface area contributed by atoms with Crippen molar-refractivity contribution in [1.29, 1.82) is 0 Å². The molecule has 0 radical (unpaired) electrons. The van der Waals surface area contributed by atoms with Crippen molar-refractivity contribution in [2.75, 3.05) is 18.4 Å². The van der Waals surface area contributed by atoms with Crippen LogP contribution >= 0.6 is 43.5 Å². The number of halogens is 3. The fraction of sp³-hybridized carbons (Fsp3) is 0.500. The van der Waals surface area contributed by atoms with Gasteiger partial charge in [-0.05, 0) is 32.0 Å². The van der Waals surface area contributed by atoms with Crippen LogP contribution in [0.5, 0.6) is 0 Å². The molecule has 1 amide bonds. The largest absolute Gasteiger partial charge is 0.368 e. The second kappa shape index (κ2) is 6.34. The molecule has 0 spiro atoms. The summed E-state index contributed by atoms with van der Waals surface area (Å²) in [6, 6.07) is 5.31. The maximum Gasteiger partial charge on any atom is 0.255 e. The Balaban J connectivity index is 2.25. The van der Waals surface area contributed by atoms with Gasteiger partial charge >= 0.3 is 0 Å². The highest BCUT2D eigenvalue weighted by atomic mass is 79.9. The van der Waals surface area contributed by atoms with Crippen molar-refractivity contribution < 1.29 is 9.53 Å². The van der Waals surface area contributed by atoms with E-state index >= 15 is 0 Å². The first kappa shape index (κ1) is 16.3. The summed E-state index contributed by atoms with van der Waals surface area (Å²) < 4.78 is 6.75. The van der Waals surface area contributed by atoms with Gasteiger partial charge in [-0.2, -0.15) is 0 Å². The number of alkyl halides is 1. The van der Waals surface area contributed by atoms with Crippen molar-refractivity contribution in [3.05, 3.63) is 33.3 Å².